The Labute approximate surface area is 132 Å². The molecule has 2 aromatic rings. The Hall–Kier alpha value is -1.94. The maximum atomic E-state index is 5.91. The van der Waals surface area contributed by atoms with Crippen LogP contribution in [0.1, 0.15) is 24.1 Å². The van der Waals surface area contributed by atoms with Gasteiger partial charge in [0.25, 0.3) is 0 Å². The molecule has 0 atom stereocenters. The molecule has 4 nitrogen and oxygen atoms in total. The minimum atomic E-state index is 0.655. The van der Waals surface area contributed by atoms with Crippen LogP contribution in [-0.4, -0.2) is 34.6 Å². The van der Waals surface area contributed by atoms with Crippen LogP contribution in [0.2, 0.25) is 0 Å². The molecule has 0 N–H and O–H groups in total. The molecule has 22 heavy (non-hydrogen) atoms. The molecule has 2 aromatic heterocycles. The molecule has 0 bridgehead atoms. The highest BCUT2D eigenvalue weighted by Crippen LogP contribution is 2.20. The lowest BCUT2D eigenvalue weighted by Gasteiger charge is -2.31. The fourth-order valence-corrected chi connectivity index (χ4v) is 2.88. The minimum absolute atomic E-state index is 0.655. The second kappa shape index (κ2) is 7.36. The smallest absolute Gasteiger partial charge is 0.122 e. The Morgan fingerprint density at radius 2 is 1.91 bits per heavy atom. The zero-order valence-corrected chi connectivity index (χ0v) is 13.1. The van der Waals surface area contributed by atoms with Crippen LogP contribution >= 0.6 is 0 Å². The van der Waals surface area contributed by atoms with Crippen LogP contribution in [0.4, 0.5) is 0 Å². The SMILES string of the molecule is Cc1cc(OCC2CCN(Cc3ccncc3)CC2)ccn1. The van der Waals surface area contributed by atoms with Crippen LogP contribution in [0.5, 0.6) is 5.75 Å². The number of ether oxygens (including phenoxy) is 1. The van der Waals surface area contributed by atoms with Gasteiger partial charge in [-0.3, -0.25) is 14.9 Å². The third kappa shape index (κ3) is 4.28. The zero-order chi connectivity index (χ0) is 15.2. The second-order valence-electron chi connectivity index (χ2n) is 6.02. The first-order valence-corrected chi connectivity index (χ1v) is 7.96. The van der Waals surface area contributed by atoms with Crippen LogP contribution in [-0.2, 0) is 6.54 Å². The monoisotopic (exact) mass is 297 g/mol. The van der Waals surface area contributed by atoms with Gasteiger partial charge in [-0.15, -0.1) is 0 Å². The molecule has 1 aliphatic rings. The van der Waals surface area contributed by atoms with E-state index in [1.54, 1.807) is 0 Å². The van der Waals surface area contributed by atoms with Crippen molar-refractivity contribution in [3.8, 4) is 5.75 Å². The number of pyridine rings is 2. The molecule has 1 aliphatic heterocycles. The summed E-state index contributed by atoms with van der Waals surface area (Å²) in [6.45, 7) is 6.12. The minimum Gasteiger partial charge on any atom is -0.493 e. The van der Waals surface area contributed by atoms with Gasteiger partial charge in [-0.1, -0.05) is 0 Å². The Morgan fingerprint density at radius 1 is 1.14 bits per heavy atom. The van der Waals surface area contributed by atoms with Gasteiger partial charge >= 0.3 is 0 Å². The maximum Gasteiger partial charge on any atom is 0.122 e. The van der Waals surface area contributed by atoms with Crippen LogP contribution < -0.4 is 4.74 Å². The summed E-state index contributed by atoms with van der Waals surface area (Å²) < 4.78 is 5.91. The van der Waals surface area contributed by atoms with Crippen molar-refractivity contribution < 1.29 is 4.74 Å². The molecule has 0 amide bonds. The summed E-state index contributed by atoms with van der Waals surface area (Å²) >= 11 is 0. The fraction of sp³-hybridized carbons (Fsp3) is 0.444. The van der Waals surface area contributed by atoms with Crippen LogP contribution in [0.25, 0.3) is 0 Å². The Bertz CT molecular complexity index is 580. The van der Waals surface area contributed by atoms with E-state index < -0.39 is 0 Å². The summed E-state index contributed by atoms with van der Waals surface area (Å²) in [6, 6.07) is 8.13. The van der Waals surface area contributed by atoms with Crippen molar-refractivity contribution in [1.82, 2.24) is 14.9 Å². The van der Waals surface area contributed by atoms with E-state index in [0.717, 1.165) is 37.7 Å². The summed E-state index contributed by atoms with van der Waals surface area (Å²) in [5.41, 5.74) is 2.35. The van der Waals surface area contributed by atoms with Crippen molar-refractivity contribution in [3.05, 3.63) is 54.1 Å². The van der Waals surface area contributed by atoms with Crippen LogP contribution in [0.3, 0.4) is 0 Å². The van der Waals surface area contributed by atoms with Gasteiger partial charge in [0, 0.05) is 36.9 Å². The molecule has 0 radical (unpaired) electrons. The summed E-state index contributed by atoms with van der Waals surface area (Å²) in [5.74, 6) is 1.59. The molecule has 4 heteroatoms. The van der Waals surface area contributed by atoms with E-state index in [9.17, 15) is 0 Å². The first kappa shape index (κ1) is 15.0. The molecule has 3 rings (SSSR count). The van der Waals surface area contributed by atoms with Crippen molar-refractivity contribution in [2.75, 3.05) is 19.7 Å². The molecule has 1 saturated heterocycles. The van der Waals surface area contributed by atoms with E-state index in [-0.39, 0.29) is 0 Å². The summed E-state index contributed by atoms with van der Waals surface area (Å²) in [5, 5.41) is 0. The van der Waals surface area contributed by atoms with Gasteiger partial charge in [0.2, 0.25) is 0 Å². The van der Waals surface area contributed by atoms with E-state index in [1.807, 2.05) is 37.6 Å². The van der Waals surface area contributed by atoms with Gasteiger partial charge in [0.15, 0.2) is 0 Å². The molecular formula is C18H23N3O. The number of likely N-dealkylation sites (tertiary alicyclic amines) is 1. The third-order valence-corrected chi connectivity index (χ3v) is 4.22. The molecule has 0 spiro atoms. The van der Waals surface area contributed by atoms with Gasteiger partial charge in [-0.25, -0.2) is 0 Å². The Balaban J connectivity index is 1.42. The van der Waals surface area contributed by atoms with Crippen molar-refractivity contribution in [3.63, 3.8) is 0 Å². The van der Waals surface area contributed by atoms with Crippen LogP contribution in [0, 0.1) is 12.8 Å². The largest absolute Gasteiger partial charge is 0.493 e. The summed E-state index contributed by atoms with van der Waals surface area (Å²) in [4.78, 5) is 10.8. The highest BCUT2D eigenvalue weighted by Gasteiger charge is 2.19. The first-order chi connectivity index (χ1) is 10.8. The highest BCUT2D eigenvalue weighted by molar-refractivity contribution is 5.21. The van der Waals surface area contributed by atoms with Gasteiger partial charge < -0.3 is 4.74 Å². The zero-order valence-electron chi connectivity index (χ0n) is 13.1. The Kier molecular flexibility index (Phi) is 5.01. The van der Waals surface area contributed by atoms with Gasteiger partial charge in [0.1, 0.15) is 5.75 Å². The number of piperidine rings is 1. The number of aryl methyl sites for hydroxylation is 1. The van der Waals surface area contributed by atoms with Crippen LogP contribution in [0.15, 0.2) is 42.9 Å². The van der Waals surface area contributed by atoms with E-state index in [4.69, 9.17) is 4.74 Å². The molecule has 3 heterocycles. The van der Waals surface area contributed by atoms with Crippen molar-refractivity contribution in [2.24, 2.45) is 5.92 Å². The third-order valence-electron chi connectivity index (χ3n) is 4.22. The molecule has 0 aliphatic carbocycles. The molecule has 0 aromatic carbocycles. The quantitative estimate of drug-likeness (QED) is 0.850. The normalized spacial score (nSPS) is 16.6. The number of rotatable bonds is 5. The topological polar surface area (TPSA) is 38.2 Å². The predicted octanol–water partition coefficient (Wildman–Crippen LogP) is 3.08. The lowest BCUT2D eigenvalue weighted by Crippen LogP contribution is -2.35. The van der Waals surface area contributed by atoms with Gasteiger partial charge in [0.05, 0.1) is 6.61 Å². The lowest BCUT2D eigenvalue weighted by atomic mass is 9.97. The molecule has 0 saturated carbocycles. The number of hydrogen-bond acceptors (Lipinski definition) is 4. The molecule has 1 fully saturated rings. The second-order valence-corrected chi connectivity index (χ2v) is 6.02. The first-order valence-electron chi connectivity index (χ1n) is 7.96. The lowest BCUT2D eigenvalue weighted by molar-refractivity contribution is 0.136. The number of nitrogens with zero attached hydrogens (tertiary/aromatic N) is 3. The average Bonchev–Trinajstić information content (AvgIpc) is 2.55. The van der Waals surface area contributed by atoms with Crippen molar-refractivity contribution >= 4 is 0 Å². The molecule has 116 valence electrons. The highest BCUT2D eigenvalue weighted by atomic mass is 16.5. The molecule has 0 unspecified atom stereocenters. The molecular weight excluding hydrogens is 274 g/mol. The van der Waals surface area contributed by atoms with Gasteiger partial charge in [-0.2, -0.15) is 0 Å². The van der Waals surface area contributed by atoms with Crippen molar-refractivity contribution in [1.29, 1.82) is 0 Å². The average molecular weight is 297 g/mol. The standard InChI is InChI=1S/C18H23N3O/c1-15-12-18(4-9-20-15)22-14-17-5-10-21(11-6-17)13-16-2-7-19-8-3-16/h2-4,7-9,12,17H,5-6,10-11,13-14H2,1H3. The van der Waals surface area contributed by atoms with E-state index >= 15 is 0 Å². The summed E-state index contributed by atoms with van der Waals surface area (Å²) in [6.07, 6.45) is 7.95. The van der Waals surface area contributed by atoms with E-state index in [0.29, 0.717) is 5.92 Å². The maximum absolute atomic E-state index is 5.91. The van der Waals surface area contributed by atoms with Gasteiger partial charge in [-0.05, 0) is 62.5 Å². The Morgan fingerprint density at radius 3 is 2.64 bits per heavy atom. The summed E-state index contributed by atoms with van der Waals surface area (Å²) in [7, 11) is 0. The number of hydrogen-bond donors (Lipinski definition) is 0. The van der Waals surface area contributed by atoms with E-state index in [1.165, 1.54) is 18.4 Å². The predicted molar refractivity (Wildman–Crippen MR) is 86.7 cm³/mol. The fourth-order valence-electron chi connectivity index (χ4n) is 2.88. The van der Waals surface area contributed by atoms with E-state index in [2.05, 4.69) is 27.0 Å². The van der Waals surface area contributed by atoms with Crippen molar-refractivity contribution in [2.45, 2.75) is 26.3 Å². The number of aromatic nitrogens is 2.